The number of rotatable bonds is 7. The zero-order valence-electron chi connectivity index (χ0n) is 22.0. The van der Waals surface area contributed by atoms with Gasteiger partial charge in [0.05, 0.1) is 42.8 Å². The second-order valence-electron chi connectivity index (χ2n) is 9.73. The highest BCUT2D eigenvalue weighted by atomic mass is 32.2. The second kappa shape index (κ2) is 11.0. The number of amides is 1. The lowest BCUT2D eigenvalue weighted by Crippen LogP contribution is -2.32. The Morgan fingerprint density at radius 1 is 1.03 bits per heavy atom. The van der Waals surface area contributed by atoms with Crippen LogP contribution in [0.5, 0.6) is 11.5 Å². The SMILES string of the molecule is COc1ccc(/C=C2/CCC[C@H]3C2=NN(C(=O)CSc2nc4ccccc4[nH]2)[C@H]3c2ccc(OC)cc2)cc1. The van der Waals surface area contributed by atoms with Crippen LogP contribution in [0, 0.1) is 5.92 Å². The average Bonchev–Trinajstić information content (AvgIpc) is 3.58. The molecule has 0 radical (unpaired) electrons. The second-order valence-corrected chi connectivity index (χ2v) is 10.7. The molecule has 8 heteroatoms. The number of fused-ring (bicyclic) bond motifs is 2. The van der Waals surface area contributed by atoms with E-state index in [-0.39, 0.29) is 23.6 Å². The molecule has 2 aliphatic rings. The van der Waals surface area contributed by atoms with Gasteiger partial charge < -0.3 is 14.5 Å². The minimum Gasteiger partial charge on any atom is -0.497 e. The number of benzene rings is 3. The summed E-state index contributed by atoms with van der Waals surface area (Å²) in [6.07, 6.45) is 5.17. The molecule has 6 rings (SSSR count). The van der Waals surface area contributed by atoms with E-state index in [1.807, 2.05) is 48.5 Å². The third-order valence-electron chi connectivity index (χ3n) is 7.37. The summed E-state index contributed by atoms with van der Waals surface area (Å²) in [5.74, 6) is 1.96. The van der Waals surface area contributed by atoms with Crippen molar-refractivity contribution in [1.29, 1.82) is 0 Å². The van der Waals surface area contributed by atoms with Crippen LogP contribution in [0.25, 0.3) is 17.1 Å². The number of ether oxygens (including phenoxy) is 2. The number of nitrogens with one attached hydrogen (secondary N) is 1. The Morgan fingerprint density at radius 3 is 2.46 bits per heavy atom. The third kappa shape index (κ3) is 5.16. The summed E-state index contributed by atoms with van der Waals surface area (Å²) in [6, 6.07) is 23.8. The molecule has 1 amide bonds. The van der Waals surface area contributed by atoms with Crippen molar-refractivity contribution in [2.75, 3.05) is 20.0 Å². The summed E-state index contributed by atoms with van der Waals surface area (Å²) < 4.78 is 10.7. The average molecular weight is 539 g/mol. The Morgan fingerprint density at radius 2 is 1.74 bits per heavy atom. The van der Waals surface area contributed by atoms with Gasteiger partial charge in [-0.15, -0.1) is 0 Å². The number of thioether (sulfide) groups is 1. The van der Waals surface area contributed by atoms with Gasteiger partial charge >= 0.3 is 0 Å². The van der Waals surface area contributed by atoms with Crippen LogP contribution < -0.4 is 9.47 Å². The van der Waals surface area contributed by atoms with Crippen LogP contribution in [0.3, 0.4) is 0 Å². The van der Waals surface area contributed by atoms with Gasteiger partial charge in [0.2, 0.25) is 0 Å². The first kappa shape index (κ1) is 25.2. The van der Waals surface area contributed by atoms with E-state index < -0.39 is 0 Å². The van der Waals surface area contributed by atoms with Crippen LogP contribution in [0.2, 0.25) is 0 Å². The van der Waals surface area contributed by atoms with Crippen molar-refractivity contribution in [3.05, 3.63) is 89.5 Å². The molecule has 0 bridgehead atoms. The lowest BCUT2D eigenvalue weighted by molar-refractivity contribution is -0.130. The van der Waals surface area contributed by atoms with Crippen LogP contribution in [0.15, 0.2) is 88.6 Å². The number of hydrogen-bond donors (Lipinski definition) is 1. The van der Waals surface area contributed by atoms with Gasteiger partial charge in [-0.25, -0.2) is 9.99 Å². The molecular formula is C31H30N4O3S. The highest BCUT2D eigenvalue weighted by Crippen LogP contribution is 2.45. The van der Waals surface area contributed by atoms with Gasteiger partial charge in [-0.05, 0) is 78.4 Å². The number of aromatic nitrogens is 2. The summed E-state index contributed by atoms with van der Waals surface area (Å²) >= 11 is 1.41. The van der Waals surface area contributed by atoms with E-state index >= 15 is 0 Å². The Hall–Kier alpha value is -4.04. The number of para-hydroxylation sites is 2. The minimum atomic E-state index is -0.158. The van der Waals surface area contributed by atoms with E-state index in [1.165, 1.54) is 17.3 Å². The highest BCUT2D eigenvalue weighted by Gasteiger charge is 2.43. The fourth-order valence-electron chi connectivity index (χ4n) is 5.44. The predicted octanol–water partition coefficient (Wildman–Crippen LogP) is 6.50. The van der Waals surface area contributed by atoms with E-state index in [9.17, 15) is 4.79 Å². The normalized spacial score (nSPS) is 19.7. The van der Waals surface area contributed by atoms with Crippen molar-refractivity contribution in [3.8, 4) is 11.5 Å². The van der Waals surface area contributed by atoms with Crippen molar-refractivity contribution in [3.63, 3.8) is 0 Å². The molecule has 1 fully saturated rings. The number of methoxy groups -OCH3 is 2. The summed E-state index contributed by atoms with van der Waals surface area (Å²) in [6.45, 7) is 0. The van der Waals surface area contributed by atoms with Crippen molar-refractivity contribution < 1.29 is 14.3 Å². The van der Waals surface area contributed by atoms with Gasteiger partial charge in [0.25, 0.3) is 5.91 Å². The van der Waals surface area contributed by atoms with Gasteiger partial charge in [0, 0.05) is 5.92 Å². The molecule has 0 unspecified atom stereocenters. The summed E-state index contributed by atoms with van der Waals surface area (Å²) in [5, 5.41) is 7.45. The van der Waals surface area contributed by atoms with Crippen molar-refractivity contribution >= 4 is 40.5 Å². The maximum Gasteiger partial charge on any atom is 0.253 e. The van der Waals surface area contributed by atoms with E-state index in [0.717, 1.165) is 63.8 Å². The van der Waals surface area contributed by atoms with Crippen LogP contribution in [0.1, 0.15) is 36.4 Å². The number of carbonyl (C=O) groups excluding carboxylic acids is 1. The Bertz CT molecular complexity index is 1510. The first-order valence-corrected chi connectivity index (χ1v) is 14.1. The standard InChI is InChI=1S/C31H30N4O3S/c1-37-23-14-10-20(11-15-23)18-22-6-5-7-25-29(22)34-35(30(25)21-12-16-24(38-2)17-13-21)28(36)19-39-31-32-26-8-3-4-9-27(26)33-31/h3-4,8-18,25,30H,5-7,19H2,1-2H3,(H,32,33)/b22-18-/t25-,30-/m0/s1. The molecule has 1 saturated carbocycles. The summed E-state index contributed by atoms with van der Waals surface area (Å²) in [7, 11) is 3.33. The molecule has 1 aliphatic heterocycles. The fourth-order valence-corrected chi connectivity index (χ4v) is 6.17. The Labute approximate surface area is 231 Å². The smallest absolute Gasteiger partial charge is 0.253 e. The molecular weight excluding hydrogens is 508 g/mol. The molecule has 4 aromatic rings. The molecule has 1 aliphatic carbocycles. The largest absolute Gasteiger partial charge is 0.497 e. The lowest BCUT2D eigenvalue weighted by Gasteiger charge is -2.29. The van der Waals surface area contributed by atoms with Gasteiger partial charge in [0.15, 0.2) is 5.16 Å². The van der Waals surface area contributed by atoms with Crippen LogP contribution in [-0.2, 0) is 4.79 Å². The first-order valence-electron chi connectivity index (χ1n) is 13.1. The van der Waals surface area contributed by atoms with E-state index in [2.05, 4.69) is 40.3 Å². The molecule has 7 nitrogen and oxygen atoms in total. The van der Waals surface area contributed by atoms with Crippen molar-refractivity contribution in [1.82, 2.24) is 15.0 Å². The van der Waals surface area contributed by atoms with Crippen molar-refractivity contribution in [2.24, 2.45) is 11.0 Å². The molecule has 2 atom stereocenters. The molecule has 1 N–H and O–H groups in total. The topological polar surface area (TPSA) is 79.8 Å². The number of imidazole rings is 1. The van der Waals surface area contributed by atoms with Gasteiger partial charge in [-0.1, -0.05) is 48.2 Å². The summed E-state index contributed by atoms with van der Waals surface area (Å²) in [4.78, 5) is 21.6. The zero-order chi connectivity index (χ0) is 26.8. The molecule has 0 saturated heterocycles. The Kier molecular flexibility index (Phi) is 7.11. The monoisotopic (exact) mass is 538 g/mol. The minimum absolute atomic E-state index is 0.0352. The molecule has 1 aromatic heterocycles. The molecule has 0 spiro atoms. The molecule has 198 valence electrons. The number of nitrogens with zero attached hydrogens (tertiary/aromatic N) is 3. The Balaban J connectivity index is 1.30. The van der Waals surface area contributed by atoms with E-state index in [4.69, 9.17) is 14.6 Å². The highest BCUT2D eigenvalue weighted by molar-refractivity contribution is 7.99. The summed E-state index contributed by atoms with van der Waals surface area (Å²) in [5.41, 5.74) is 6.22. The number of allylic oxidation sites excluding steroid dienone is 1. The van der Waals surface area contributed by atoms with Gasteiger partial charge in [-0.2, -0.15) is 5.10 Å². The van der Waals surface area contributed by atoms with E-state index in [0.29, 0.717) is 0 Å². The number of H-pyrrole nitrogens is 1. The third-order valence-corrected chi connectivity index (χ3v) is 8.23. The van der Waals surface area contributed by atoms with Crippen LogP contribution >= 0.6 is 11.8 Å². The first-order chi connectivity index (χ1) is 19.1. The fraction of sp³-hybridized carbons (Fsp3) is 0.258. The lowest BCUT2D eigenvalue weighted by atomic mass is 9.77. The van der Waals surface area contributed by atoms with Gasteiger partial charge in [0.1, 0.15) is 11.5 Å². The van der Waals surface area contributed by atoms with Crippen LogP contribution in [0.4, 0.5) is 0 Å². The number of hydrogen-bond acceptors (Lipinski definition) is 6. The molecule has 3 aromatic carbocycles. The number of hydrazone groups is 1. The maximum atomic E-state index is 13.7. The van der Waals surface area contributed by atoms with Crippen LogP contribution in [-0.4, -0.2) is 46.6 Å². The van der Waals surface area contributed by atoms with Gasteiger partial charge in [-0.3, -0.25) is 4.79 Å². The maximum absolute atomic E-state index is 13.7. The van der Waals surface area contributed by atoms with E-state index in [1.54, 1.807) is 19.2 Å². The number of aromatic amines is 1. The molecule has 39 heavy (non-hydrogen) atoms. The number of carbonyl (C=O) groups is 1. The quantitative estimate of drug-likeness (QED) is 0.272. The molecule has 2 heterocycles. The zero-order valence-corrected chi connectivity index (χ0v) is 22.8. The van der Waals surface area contributed by atoms with Crippen molar-refractivity contribution in [2.45, 2.75) is 30.5 Å². The predicted molar refractivity (Wildman–Crippen MR) is 155 cm³/mol.